The van der Waals surface area contributed by atoms with Crippen molar-refractivity contribution in [2.24, 2.45) is 11.7 Å². The van der Waals surface area contributed by atoms with E-state index in [2.05, 4.69) is 47.9 Å². The number of imidazole rings is 1. The summed E-state index contributed by atoms with van der Waals surface area (Å²) in [5.41, 5.74) is 6.01. The summed E-state index contributed by atoms with van der Waals surface area (Å²) in [4.78, 5) is 107. The second kappa shape index (κ2) is 25.6. The summed E-state index contributed by atoms with van der Waals surface area (Å²) in [6, 6.07) is 2.77. The first-order valence-corrected chi connectivity index (χ1v) is 22.7. The molecule has 1 saturated heterocycles. The van der Waals surface area contributed by atoms with Crippen molar-refractivity contribution < 1.29 is 67.3 Å². The predicted molar refractivity (Wildman–Crippen MR) is 229 cm³/mol. The van der Waals surface area contributed by atoms with Gasteiger partial charge in [-0.05, 0) is 57.9 Å². The minimum atomic E-state index is -5.12. The number of primary amides is 1. The highest BCUT2D eigenvalue weighted by Crippen LogP contribution is 2.38. The highest BCUT2D eigenvalue weighted by Gasteiger charge is 2.42. The number of aliphatic hydroxyl groups excluding tert-OH is 2. The monoisotopic (exact) mass is 924 g/mol. The van der Waals surface area contributed by atoms with Crippen molar-refractivity contribution in [2.75, 3.05) is 33.0 Å². The number of nitrogens with two attached hydrogens (primary N) is 1. The lowest BCUT2D eigenvalue weighted by Gasteiger charge is -2.29. The molecule has 6 amide bonds. The largest absolute Gasteiger partial charge is 0.469 e. The average molecular weight is 925 g/mol. The number of carbonyl (C=O) groups is 6. The van der Waals surface area contributed by atoms with Gasteiger partial charge in [-0.25, -0.2) is 9.55 Å². The molecule has 0 saturated carbocycles. The van der Waals surface area contributed by atoms with E-state index >= 15 is 0 Å². The van der Waals surface area contributed by atoms with Crippen LogP contribution in [-0.4, -0.2) is 151 Å². The third kappa shape index (κ3) is 18.4. The van der Waals surface area contributed by atoms with Gasteiger partial charge >= 0.3 is 7.82 Å². The van der Waals surface area contributed by atoms with Crippen LogP contribution in [0.15, 0.2) is 42.9 Å². The first-order chi connectivity index (χ1) is 30.1. The summed E-state index contributed by atoms with van der Waals surface area (Å²) in [5, 5.41) is 29.5. The molecular formula is C41H65N8O14P. The number of H-pyrrole nitrogens is 1. The highest BCUT2D eigenvalue weighted by molar-refractivity contribution is 7.46. The topological polar surface area (TPSA) is 334 Å². The fraction of sp³-hybridized carbons (Fsp3) is 0.634. The van der Waals surface area contributed by atoms with Crippen LogP contribution in [0.25, 0.3) is 0 Å². The van der Waals surface area contributed by atoms with Gasteiger partial charge < -0.3 is 66.4 Å². The van der Waals surface area contributed by atoms with E-state index < -0.39 is 97.9 Å². The molecule has 23 heteroatoms. The number of aromatic nitrogens is 2. The Morgan fingerprint density at radius 1 is 0.938 bits per heavy atom. The fourth-order valence-electron chi connectivity index (χ4n) is 6.86. The van der Waals surface area contributed by atoms with Gasteiger partial charge in [0.25, 0.3) is 0 Å². The third-order valence-electron chi connectivity index (χ3n) is 10.3. The zero-order chi connectivity index (χ0) is 47.6. The minimum Gasteiger partial charge on any atom is -0.394 e. The second-order valence-electron chi connectivity index (χ2n) is 16.7. The summed E-state index contributed by atoms with van der Waals surface area (Å²) in [5.74, 6) is -5.36. The zero-order valence-corrected chi connectivity index (χ0v) is 37.8. The number of nitrogens with one attached hydrogen (secondary N) is 5. The van der Waals surface area contributed by atoms with Crippen LogP contribution in [0.5, 0.6) is 0 Å². The molecule has 1 aromatic carbocycles. The Kier molecular flexibility index (Phi) is 21.4. The SMILES string of the molecule is CC(C)C[C@H](NC(=O)[C@@H]1C[C@@H](OCCCCc2ccccc2)CN1C(=O)CCOC(C)(C)CO)C(=O)N[C@@H](Cc1cnc[nH]1)C(=O)NC(CO)C(=O)N[C@H](C(N)=O)C(C)OP(=O)(O)O. The Morgan fingerprint density at radius 2 is 1.59 bits per heavy atom. The summed E-state index contributed by atoms with van der Waals surface area (Å²) >= 11 is 0. The van der Waals surface area contributed by atoms with Crippen molar-refractivity contribution in [1.82, 2.24) is 36.1 Å². The van der Waals surface area contributed by atoms with E-state index in [-0.39, 0.29) is 51.4 Å². The number of hydrogen-bond donors (Lipinski definition) is 10. The summed E-state index contributed by atoms with van der Waals surface area (Å²) < 4.78 is 27.7. The molecule has 3 rings (SSSR count). The number of phosphoric acid groups is 1. The standard InChI is InChI=1S/C41H65N8O14P/c1-25(2)17-30(37(54)45-31(18-28-20-43-24-44-28)38(55)47-32(22-50)39(56)48-35(36(42)53)26(3)63-64(58,59)60)46-40(57)33-19-29(61-15-10-9-13-27-11-7-6-8-12-27)21-49(33)34(52)14-16-62-41(4,5)23-51/h6-8,11-12,20,24-26,29-33,35,50-51H,9-10,13-19,21-23H2,1-5H3,(H2,42,53)(H,43,44)(H,45,54)(H,46,57)(H,47,55)(H,48,56)(H2,58,59,60)/t26?,29-,30+,31+,32?,33+,35+/m1/s1. The normalized spacial score (nSPS) is 17.8. The fourth-order valence-corrected chi connectivity index (χ4v) is 7.41. The number of phosphoric ester groups is 1. The van der Waals surface area contributed by atoms with Crippen LogP contribution in [-0.2, 0) is 60.2 Å². The van der Waals surface area contributed by atoms with Crippen molar-refractivity contribution in [3.8, 4) is 0 Å². The Hall–Kier alpha value is -4.80. The van der Waals surface area contributed by atoms with Gasteiger partial charge in [-0.2, -0.15) is 0 Å². The van der Waals surface area contributed by atoms with E-state index in [1.807, 2.05) is 32.0 Å². The van der Waals surface area contributed by atoms with E-state index in [1.54, 1.807) is 13.8 Å². The van der Waals surface area contributed by atoms with Gasteiger partial charge in [-0.15, -0.1) is 0 Å². The van der Waals surface area contributed by atoms with Crippen LogP contribution in [0.1, 0.15) is 78.0 Å². The molecule has 7 atom stereocenters. The molecule has 2 heterocycles. The summed E-state index contributed by atoms with van der Waals surface area (Å²) in [6.45, 7) is 7.25. The van der Waals surface area contributed by atoms with Crippen LogP contribution in [0.2, 0.25) is 0 Å². The first kappa shape index (κ1) is 53.5. The molecule has 358 valence electrons. The quantitative estimate of drug-likeness (QED) is 0.0365. The molecule has 22 nitrogen and oxygen atoms in total. The predicted octanol–water partition coefficient (Wildman–Crippen LogP) is -0.900. The number of aromatic amines is 1. The molecule has 0 spiro atoms. The van der Waals surface area contributed by atoms with Crippen molar-refractivity contribution in [2.45, 2.75) is 128 Å². The lowest BCUT2D eigenvalue weighted by Crippen LogP contribution is -2.61. The van der Waals surface area contributed by atoms with Crippen molar-refractivity contribution in [3.05, 3.63) is 54.1 Å². The highest BCUT2D eigenvalue weighted by atomic mass is 31.2. The van der Waals surface area contributed by atoms with Crippen molar-refractivity contribution in [3.63, 3.8) is 0 Å². The molecule has 0 aliphatic carbocycles. The lowest BCUT2D eigenvalue weighted by molar-refractivity contribution is -0.142. The van der Waals surface area contributed by atoms with E-state index in [9.17, 15) is 43.5 Å². The number of nitrogens with zero attached hydrogens (tertiary/aromatic N) is 2. The first-order valence-electron chi connectivity index (χ1n) is 21.2. The Morgan fingerprint density at radius 3 is 2.19 bits per heavy atom. The molecule has 0 radical (unpaired) electrons. The summed E-state index contributed by atoms with van der Waals surface area (Å²) in [6.07, 6.45) is 3.04. The number of ether oxygens (including phenoxy) is 2. The Labute approximate surface area is 372 Å². The van der Waals surface area contributed by atoms with Crippen LogP contribution >= 0.6 is 7.82 Å². The number of rotatable bonds is 28. The second-order valence-corrected chi connectivity index (χ2v) is 17.9. The van der Waals surface area contributed by atoms with Gasteiger partial charge in [0.1, 0.15) is 30.2 Å². The maximum Gasteiger partial charge on any atom is 0.469 e. The zero-order valence-electron chi connectivity index (χ0n) is 36.9. The van der Waals surface area contributed by atoms with Gasteiger partial charge in [0.15, 0.2) is 0 Å². The van der Waals surface area contributed by atoms with Gasteiger partial charge in [-0.1, -0.05) is 44.2 Å². The maximum atomic E-state index is 14.2. The van der Waals surface area contributed by atoms with E-state index in [0.29, 0.717) is 12.3 Å². The average Bonchev–Trinajstić information content (AvgIpc) is 3.91. The number of hydrogen-bond acceptors (Lipinski definition) is 13. The molecule has 0 bridgehead atoms. The van der Waals surface area contributed by atoms with Crippen LogP contribution in [0, 0.1) is 5.92 Å². The number of carbonyl (C=O) groups excluding carboxylic acids is 6. The number of unbranched alkanes of at least 4 members (excludes halogenated alkanes) is 1. The minimum absolute atomic E-state index is 0.0188. The number of aryl methyl sites for hydroxylation is 1. The molecule has 1 fully saturated rings. The van der Waals surface area contributed by atoms with Gasteiger partial charge in [0.05, 0.1) is 50.4 Å². The van der Waals surface area contributed by atoms with Crippen molar-refractivity contribution >= 4 is 43.3 Å². The Bertz CT molecular complexity index is 1870. The lowest BCUT2D eigenvalue weighted by atomic mass is 10.0. The number of amides is 6. The third-order valence-corrected chi connectivity index (χ3v) is 10.9. The van der Waals surface area contributed by atoms with Crippen LogP contribution in [0.3, 0.4) is 0 Å². The van der Waals surface area contributed by atoms with Gasteiger partial charge in [0.2, 0.25) is 35.4 Å². The van der Waals surface area contributed by atoms with Gasteiger partial charge in [-0.3, -0.25) is 33.3 Å². The molecule has 2 aromatic rings. The van der Waals surface area contributed by atoms with E-state index in [0.717, 1.165) is 26.2 Å². The molecule has 1 aliphatic heterocycles. The number of likely N-dealkylation sites (tertiary alicyclic amines) is 1. The molecule has 11 N–H and O–H groups in total. The molecule has 1 aromatic heterocycles. The molecular weight excluding hydrogens is 859 g/mol. The van der Waals surface area contributed by atoms with Gasteiger partial charge in [0, 0.05) is 37.9 Å². The van der Waals surface area contributed by atoms with Crippen LogP contribution in [0.4, 0.5) is 0 Å². The summed E-state index contributed by atoms with van der Waals surface area (Å²) in [7, 11) is -5.12. The maximum absolute atomic E-state index is 14.2. The molecule has 64 heavy (non-hydrogen) atoms. The number of aliphatic hydroxyl groups is 2. The van der Waals surface area contributed by atoms with Crippen molar-refractivity contribution in [1.29, 1.82) is 0 Å². The van der Waals surface area contributed by atoms with Crippen LogP contribution < -0.4 is 27.0 Å². The molecule has 1 aliphatic rings. The Balaban J connectivity index is 1.78. The smallest absolute Gasteiger partial charge is 0.394 e. The number of benzene rings is 1. The molecule has 2 unspecified atom stereocenters. The van der Waals surface area contributed by atoms with E-state index in [4.69, 9.17) is 25.0 Å². The van der Waals surface area contributed by atoms with E-state index in [1.165, 1.54) is 23.0 Å².